The maximum Gasteiger partial charge on any atom is 0.266 e. The van der Waals surface area contributed by atoms with Crippen LogP contribution < -0.4 is 5.56 Å². The van der Waals surface area contributed by atoms with Gasteiger partial charge in [0.1, 0.15) is 0 Å². The van der Waals surface area contributed by atoms with Crippen LogP contribution in [0.15, 0.2) is 57.5 Å². The lowest BCUT2D eigenvalue weighted by molar-refractivity contribution is -0.141. The van der Waals surface area contributed by atoms with Gasteiger partial charge in [0.25, 0.3) is 17.4 Å². The molecule has 0 atom stereocenters. The fraction of sp³-hybridized carbons (Fsp3) is 0.150. The summed E-state index contributed by atoms with van der Waals surface area (Å²) >= 11 is 9.21. The smallest absolute Gasteiger partial charge is 0.266 e. The molecule has 30 heavy (non-hydrogen) atoms. The van der Waals surface area contributed by atoms with Gasteiger partial charge in [-0.1, -0.05) is 23.4 Å². The third-order valence-electron chi connectivity index (χ3n) is 4.36. The topological polar surface area (TPSA) is 84.6 Å². The van der Waals surface area contributed by atoms with Crippen LogP contribution in [0.25, 0.3) is 16.6 Å². The van der Waals surface area contributed by atoms with Crippen molar-refractivity contribution in [3.8, 4) is 5.69 Å². The van der Waals surface area contributed by atoms with Gasteiger partial charge in [0.2, 0.25) is 0 Å². The predicted octanol–water partition coefficient (Wildman–Crippen LogP) is 3.87. The van der Waals surface area contributed by atoms with E-state index in [1.807, 2.05) is 6.07 Å². The van der Waals surface area contributed by atoms with Crippen LogP contribution >= 0.6 is 46.0 Å². The molecule has 0 bridgehead atoms. The number of imide groups is 1. The summed E-state index contributed by atoms with van der Waals surface area (Å²) in [6.07, 6.45) is 0.138. The highest BCUT2D eigenvalue weighted by Gasteiger charge is 2.27. The molecular formula is C20H14ClIN4O3S. The van der Waals surface area contributed by atoms with Crippen molar-refractivity contribution in [1.82, 2.24) is 14.6 Å². The zero-order chi connectivity index (χ0) is 21.4. The van der Waals surface area contributed by atoms with E-state index in [2.05, 4.69) is 32.7 Å². The number of hydrogen-bond acceptors (Lipinski definition) is 6. The number of amides is 2. The van der Waals surface area contributed by atoms with Crippen LogP contribution in [0.5, 0.6) is 0 Å². The molecule has 0 radical (unpaired) electrons. The molecule has 4 rings (SSSR count). The fourth-order valence-electron chi connectivity index (χ4n) is 2.99. The SMILES string of the molecule is CC1=NN(C(=O)CSc2nc3ccc(I)cc3c(=O)n2-c2ccc(Cl)cc2)C(=O)C1. The van der Waals surface area contributed by atoms with Gasteiger partial charge in [-0.2, -0.15) is 10.1 Å². The van der Waals surface area contributed by atoms with Crippen LogP contribution in [-0.2, 0) is 9.59 Å². The van der Waals surface area contributed by atoms with Gasteiger partial charge in [0.15, 0.2) is 5.16 Å². The molecule has 2 aromatic carbocycles. The largest absolute Gasteiger partial charge is 0.272 e. The summed E-state index contributed by atoms with van der Waals surface area (Å²) in [7, 11) is 0. The van der Waals surface area contributed by atoms with Crippen molar-refractivity contribution in [3.63, 3.8) is 0 Å². The van der Waals surface area contributed by atoms with Crippen LogP contribution in [0.3, 0.4) is 0 Å². The molecule has 0 N–H and O–H groups in total. The molecule has 1 aliphatic heterocycles. The van der Waals surface area contributed by atoms with Crippen LogP contribution in [0, 0.1) is 3.57 Å². The Kier molecular flexibility index (Phi) is 5.94. The Morgan fingerprint density at radius 2 is 1.93 bits per heavy atom. The second kappa shape index (κ2) is 8.48. The number of rotatable bonds is 4. The average molecular weight is 553 g/mol. The minimum atomic E-state index is -0.457. The second-order valence-corrected chi connectivity index (χ2v) is 9.20. The molecule has 0 spiro atoms. The molecule has 1 aromatic heterocycles. The number of hydrazone groups is 1. The van der Waals surface area contributed by atoms with Crippen molar-refractivity contribution >= 4 is 74.4 Å². The Morgan fingerprint density at radius 1 is 1.20 bits per heavy atom. The predicted molar refractivity (Wildman–Crippen MR) is 125 cm³/mol. The maximum absolute atomic E-state index is 13.3. The highest BCUT2D eigenvalue weighted by Crippen LogP contribution is 2.24. The Balaban J connectivity index is 1.76. The van der Waals surface area contributed by atoms with Crippen molar-refractivity contribution in [2.24, 2.45) is 5.10 Å². The molecule has 2 amide bonds. The molecule has 0 saturated carbocycles. The van der Waals surface area contributed by atoms with Crippen LogP contribution in [0.1, 0.15) is 13.3 Å². The van der Waals surface area contributed by atoms with E-state index in [1.165, 1.54) is 4.57 Å². The van der Waals surface area contributed by atoms with Gasteiger partial charge in [-0.05, 0) is 72.0 Å². The van der Waals surface area contributed by atoms with Crippen molar-refractivity contribution in [2.45, 2.75) is 18.5 Å². The normalized spacial score (nSPS) is 13.8. The van der Waals surface area contributed by atoms with E-state index in [4.69, 9.17) is 11.6 Å². The Morgan fingerprint density at radius 3 is 2.60 bits per heavy atom. The number of hydrogen-bond donors (Lipinski definition) is 0. The van der Waals surface area contributed by atoms with Gasteiger partial charge < -0.3 is 0 Å². The number of carbonyl (C=O) groups is 2. The van der Waals surface area contributed by atoms with Gasteiger partial charge in [0, 0.05) is 14.3 Å². The highest BCUT2D eigenvalue weighted by molar-refractivity contribution is 14.1. The van der Waals surface area contributed by atoms with Crippen LogP contribution in [0.2, 0.25) is 5.02 Å². The van der Waals surface area contributed by atoms with E-state index in [-0.39, 0.29) is 23.6 Å². The lowest BCUT2D eigenvalue weighted by atomic mass is 10.2. The van der Waals surface area contributed by atoms with E-state index in [0.29, 0.717) is 32.5 Å². The molecule has 0 aliphatic carbocycles. The molecule has 2 heterocycles. The van der Waals surface area contributed by atoms with Crippen LogP contribution in [0.4, 0.5) is 0 Å². The van der Waals surface area contributed by atoms with Crippen LogP contribution in [-0.4, -0.2) is 37.8 Å². The highest BCUT2D eigenvalue weighted by atomic mass is 127. The first-order valence-electron chi connectivity index (χ1n) is 8.84. The summed E-state index contributed by atoms with van der Waals surface area (Å²) in [5, 5.41) is 6.23. The lowest BCUT2D eigenvalue weighted by Gasteiger charge is -2.14. The monoisotopic (exact) mass is 552 g/mol. The summed E-state index contributed by atoms with van der Waals surface area (Å²) in [5.74, 6) is -0.894. The first-order valence-corrected chi connectivity index (χ1v) is 11.3. The number of halogens is 2. The van der Waals surface area contributed by atoms with Gasteiger partial charge in [-0.3, -0.25) is 19.0 Å². The summed E-state index contributed by atoms with van der Waals surface area (Å²) in [4.78, 5) is 42.3. The zero-order valence-electron chi connectivity index (χ0n) is 15.6. The average Bonchev–Trinajstić information content (AvgIpc) is 3.06. The van der Waals surface area contributed by atoms with E-state index in [1.54, 1.807) is 43.3 Å². The molecule has 3 aromatic rings. The summed E-state index contributed by atoms with van der Waals surface area (Å²) in [5.41, 5.74) is 1.46. The Bertz CT molecular complexity index is 1270. The van der Waals surface area contributed by atoms with Crippen molar-refractivity contribution in [2.75, 3.05) is 5.75 Å². The first-order chi connectivity index (χ1) is 14.3. The number of fused-ring (bicyclic) bond motifs is 1. The number of carbonyl (C=O) groups excluding carboxylic acids is 2. The van der Waals surface area contributed by atoms with E-state index in [9.17, 15) is 14.4 Å². The molecule has 152 valence electrons. The number of nitrogens with zero attached hydrogens (tertiary/aromatic N) is 4. The second-order valence-electron chi connectivity index (χ2n) is 6.57. The summed E-state index contributed by atoms with van der Waals surface area (Å²) < 4.78 is 2.37. The van der Waals surface area contributed by atoms with Gasteiger partial charge >= 0.3 is 0 Å². The molecular weight excluding hydrogens is 539 g/mol. The van der Waals surface area contributed by atoms with E-state index >= 15 is 0 Å². The maximum atomic E-state index is 13.3. The zero-order valence-corrected chi connectivity index (χ0v) is 19.4. The van der Waals surface area contributed by atoms with E-state index < -0.39 is 5.91 Å². The third-order valence-corrected chi connectivity index (χ3v) is 6.21. The summed E-state index contributed by atoms with van der Waals surface area (Å²) in [6.45, 7) is 1.70. The fourth-order valence-corrected chi connectivity index (χ4v) is 4.46. The molecule has 0 unspecified atom stereocenters. The molecule has 1 aliphatic rings. The standard InChI is InChI=1S/C20H14ClIN4O3S/c1-11-8-17(27)26(24-11)18(28)10-30-20-23-16-7-4-13(22)9-15(16)19(29)25(20)14-5-2-12(21)3-6-14/h2-7,9H,8,10H2,1H3. The quantitative estimate of drug-likeness (QED) is 0.279. The molecule has 0 saturated heterocycles. The lowest BCUT2D eigenvalue weighted by Crippen LogP contribution is -2.30. The van der Waals surface area contributed by atoms with Crippen molar-refractivity contribution in [3.05, 3.63) is 61.4 Å². The minimum Gasteiger partial charge on any atom is -0.272 e. The third kappa shape index (κ3) is 4.14. The van der Waals surface area contributed by atoms with Gasteiger partial charge in [-0.15, -0.1) is 0 Å². The van der Waals surface area contributed by atoms with Crippen molar-refractivity contribution < 1.29 is 9.59 Å². The first kappa shape index (κ1) is 21.0. The molecule has 10 heteroatoms. The summed E-state index contributed by atoms with van der Waals surface area (Å²) in [6, 6.07) is 12.2. The number of thioether (sulfide) groups is 1. The van der Waals surface area contributed by atoms with Gasteiger partial charge in [-0.25, -0.2) is 4.98 Å². The Labute approximate surface area is 194 Å². The molecule has 7 nitrogen and oxygen atoms in total. The number of aromatic nitrogens is 2. The Hall–Kier alpha value is -2.24. The van der Waals surface area contributed by atoms with E-state index in [0.717, 1.165) is 20.3 Å². The number of benzene rings is 2. The van der Waals surface area contributed by atoms with Crippen molar-refractivity contribution in [1.29, 1.82) is 0 Å². The molecule has 0 fully saturated rings. The minimum absolute atomic E-state index is 0.0849. The van der Waals surface area contributed by atoms with Gasteiger partial charge in [0.05, 0.1) is 28.8 Å².